The summed E-state index contributed by atoms with van der Waals surface area (Å²) in [5, 5.41) is 0.601. The van der Waals surface area contributed by atoms with Gasteiger partial charge in [0.25, 0.3) is 10.0 Å². The highest BCUT2D eigenvalue weighted by Crippen LogP contribution is 2.29. The molecule has 0 fully saturated rings. The summed E-state index contributed by atoms with van der Waals surface area (Å²) in [4.78, 5) is 0.369. The van der Waals surface area contributed by atoms with E-state index in [-0.39, 0.29) is 15.5 Å². The summed E-state index contributed by atoms with van der Waals surface area (Å²) >= 11 is 0. The molecular weight excluding hydrogens is 418 g/mol. The fourth-order valence-corrected chi connectivity index (χ4v) is 6.14. The summed E-state index contributed by atoms with van der Waals surface area (Å²) in [6, 6.07) is 20.2. The summed E-state index contributed by atoms with van der Waals surface area (Å²) in [6.07, 6.45) is 1.42. The van der Waals surface area contributed by atoms with Crippen molar-refractivity contribution in [1.82, 2.24) is 3.97 Å². The lowest BCUT2D eigenvalue weighted by molar-refractivity contribution is 0.587. The van der Waals surface area contributed by atoms with E-state index < -0.39 is 19.9 Å². The largest absolute Gasteiger partial charge is 0.268 e. The van der Waals surface area contributed by atoms with Crippen LogP contribution in [0.25, 0.3) is 10.9 Å². The molecule has 0 saturated heterocycles. The molecule has 4 aromatic rings. The van der Waals surface area contributed by atoms with E-state index in [1.807, 2.05) is 13.8 Å². The number of fused-ring (bicyclic) bond motifs is 1. The van der Waals surface area contributed by atoms with Gasteiger partial charge in [-0.1, -0.05) is 53.6 Å². The molecule has 7 heteroatoms. The number of para-hydroxylation sites is 1. The van der Waals surface area contributed by atoms with E-state index in [0.717, 1.165) is 11.1 Å². The lowest BCUT2D eigenvalue weighted by Crippen LogP contribution is -2.12. The minimum absolute atomic E-state index is 0.154. The summed E-state index contributed by atoms with van der Waals surface area (Å²) in [6.45, 7) is 3.77. The fourth-order valence-electron chi connectivity index (χ4n) is 3.39. The lowest BCUT2D eigenvalue weighted by atomic mass is 10.2. The van der Waals surface area contributed by atoms with Crippen molar-refractivity contribution in [2.24, 2.45) is 0 Å². The molecule has 1 heterocycles. The van der Waals surface area contributed by atoms with Gasteiger partial charge in [-0.25, -0.2) is 20.8 Å². The van der Waals surface area contributed by atoms with Crippen molar-refractivity contribution in [3.05, 3.63) is 95.7 Å². The lowest BCUT2D eigenvalue weighted by Gasteiger charge is -2.07. The SMILES string of the molecule is Cc1ccc(S(=O)(=O)Cc2cn(S(=O)(=O)c3ccc(C)cc3)c3ccccc23)cc1. The fraction of sp³-hybridized carbons (Fsp3) is 0.130. The number of sulfone groups is 1. The van der Waals surface area contributed by atoms with Crippen molar-refractivity contribution in [3.8, 4) is 0 Å². The topological polar surface area (TPSA) is 73.2 Å². The number of hydrogen-bond acceptors (Lipinski definition) is 4. The number of hydrogen-bond donors (Lipinski definition) is 0. The van der Waals surface area contributed by atoms with Crippen LogP contribution >= 0.6 is 0 Å². The molecule has 0 atom stereocenters. The third-order valence-corrected chi connectivity index (χ3v) is 8.43. The predicted octanol–water partition coefficient (Wildman–Crippen LogP) is 4.47. The molecule has 3 aromatic carbocycles. The summed E-state index contributed by atoms with van der Waals surface area (Å²) in [7, 11) is -7.50. The van der Waals surface area contributed by atoms with Gasteiger partial charge in [0, 0.05) is 11.6 Å². The predicted molar refractivity (Wildman–Crippen MR) is 118 cm³/mol. The Morgan fingerprint density at radius 3 is 1.83 bits per heavy atom. The molecule has 0 saturated carbocycles. The quantitative estimate of drug-likeness (QED) is 0.460. The zero-order chi connectivity index (χ0) is 21.5. The second kappa shape index (κ2) is 7.41. The molecule has 4 rings (SSSR count). The van der Waals surface area contributed by atoms with Gasteiger partial charge in [0.15, 0.2) is 9.84 Å². The summed E-state index contributed by atoms with van der Waals surface area (Å²) < 4.78 is 53.6. The van der Waals surface area contributed by atoms with Gasteiger partial charge in [-0.05, 0) is 49.7 Å². The number of benzene rings is 3. The van der Waals surface area contributed by atoms with Crippen LogP contribution < -0.4 is 0 Å². The standard InChI is InChI=1S/C23H21NO4S2/c1-17-7-11-20(12-8-17)29(25,26)16-19-15-24(23-6-4-3-5-22(19)23)30(27,28)21-13-9-18(2)10-14-21/h3-15H,16H2,1-2H3. The molecule has 0 bridgehead atoms. The number of nitrogens with zero attached hydrogens (tertiary/aromatic N) is 1. The number of aromatic nitrogens is 1. The first-order valence-electron chi connectivity index (χ1n) is 9.39. The Hall–Kier alpha value is -2.90. The van der Waals surface area contributed by atoms with Crippen LogP contribution in [0.3, 0.4) is 0 Å². The van der Waals surface area contributed by atoms with Crippen molar-refractivity contribution in [2.75, 3.05) is 0 Å². The van der Waals surface area contributed by atoms with Crippen molar-refractivity contribution in [2.45, 2.75) is 29.4 Å². The number of rotatable bonds is 5. The summed E-state index contributed by atoms with van der Waals surface area (Å²) in [5.74, 6) is -0.285. The molecule has 0 aliphatic heterocycles. The second-order valence-corrected chi connectivity index (χ2v) is 11.2. The Labute approximate surface area is 176 Å². The van der Waals surface area contributed by atoms with E-state index in [1.54, 1.807) is 72.8 Å². The van der Waals surface area contributed by atoms with Crippen LogP contribution in [0.2, 0.25) is 0 Å². The zero-order valence-corrected chi connectivity index (χ0v) is 18.2. The first-order valence-corrected chi connectivity index (χ1v) is 12.5. The van der Waals surface area contributed by atoms with Gasteiger partial charge >= 0.3 is 0 Å². The Kier molecular flexibility index (Phi) is 5.03. The molecule has 0 unspecified atom stereocenters. The second-order valence-electron chi connectivity index (χ2n) is 7.36. The summed E-state index contributed by atoms with van der Waals surface area (Å²) in [5.41, 5.74) is 2.82. The van der Waals surface area contributed by atoms with Crippen LogP contribution in [0.1, 0.15) is 16.7 Å². The molecule has 0 amide bonds. The maximum Gasteiger partial charge on any atom is 0.268 e. The molecule has 0 aliphatic rings. The van der Waals surface area contributed by atoms with Crippen LogP contribution in [-0.2, 0) is 25.6 Å². The third kappa shape index (κ3) is 3.66. The molecule has 5 nitrogen and oxygen atoms in total. The maximum atomic E-state index is 13.3. The molecule has 154 valence electrons. The number of aryl methyl sites for hydroxylation is 2. The average Bonchev–Trinajstić information content (AvgIpc) is 3.07. The van der Waals surface area contributed by atoms with Gasteiger partial charge in [-0.2, -0.15) is 0 Å². The van der Waals surface area contributed by atoms with E-state index >= 15 is 0 Å². The average molecular weight is 440 g/mol. The Morgan fingerprint density at radius 1 is 0.700 bits per heavy atom. The molecule has 0 radical (unpaired) electrons. The van der Waals surface area contributed by atoms with Gasteiger partial charge in [0.2, 0.25) is 0 Å². The Balaban J connectivity index is 1.83. The molecular formula is C23H21NO4S2. The Bertz CT molecular complexity index is 1430. The monoisotopic (exact) mass is 439 g/mol. The zero-order valence-electron chi connectivity index (χ0n) is 16.6. The van der Waals surface area contributed by atoms with Gasteiger partial charge in [0.05, 0.1) is 21.1 Å². The van der Waals surface area contributed by atoms with Crippen LogP contribution in [0.5, 0.6) is 0 Å². The van der Waals surface area contributed by atoms with Crippen LogP contribution in [0, 0.1) is 13.8 Å². The van der Waals surface area contributed by atoms with E-state index in [2.05, 4.69) is 0 Å². The first-order chi connectivity index (χ1) is 14.2. The minimum Gasteiger partial charge on any atom is -0.241 e. The van der Waals surface area contributed by atoms with E-state index in [0.29, 0.717) is 16.5 Å². The molecule has 1 aromatic heterocycles. The Morgan fingerprint density at radius 2 is 1.23 bits per heavy atom. The van der Waals surface area contributed by atoms with Crippen molar-refractivity contribution in [3.63, 3.8) is 0 Å². The normalized spacial score (nSPS) is 12.3. The molecule has 0 aliphatic carbocycles. The van der Waals surface area contributed by atoms with Gasteiger partial charge in [-0.3, -0.25) is 0 Å². The van der Waals surface area contributed by atoms with Crippen LogP contribution in [-0.4, -0.2) is 20.8 Å². The maximum absolute atomic E-state index is 13.3. The van der Waals surface area contributed by atoms with Gasteiger partial charge in [0.1, 0.15) is 0 Å². The highest BCUT2D eigenvalue weighted by atomic mass is 32.2. The third-order valence-electron chi connectivity index (χ3n) is 5.06. The molecule has 0 N–H and O–H groups in total. The van der Waals surface area contributed by atoms with Crippen molar-refractivity contribution >= 4 is 30.8 Å². The van der Waals surface area contributed by atoms with Gasteiger partial charge in [-0.15, -0.1) is 0 Å². The molecule has 0 spiro atoms. The van der Waals surface area contributed by atoms with E-state index in [9.17, 15) is 16.8 Å². The highest BCUT2D eigenvalue weighted by Gasteiger charge is 2.24. The molecule has 30 heavy (non-hydrogen) atoms. The van der Waals surface area contributed by atoms with Crippen LogP contribution in [0.4, 0.5) is 0 Å². The highest BCUT2D eigenvalue weighted by molar-refractivity contribution is 7.91. The van der Waals surface area contributed by atoms with Gasteiger partial charge < -0.3 is 0 Å². The first kappa shape index (κ1) is 20.4. The van der Waals surface area contributed by atoms with E-state index in [1.165, 1.54) is 10.2 Å². The van der Waals surface area contributed by atoms with Crippen molar-refractivity contribution < 1.29 is 16.8 Å². The van der Waals surface area contributed by atoms with Crippen molar-refractivity contribution in [1.29, 1.82) is 0 Å². The van der Waals surface area contributed by atoms with E-state index in [4.69, 9.17) is 0 Å². The smallest absolute Gasteiger partial charge is 0.241 e. The van der Waals surface area contributed by atoms with Crippen LogP contribution in [0.15, 0.2) is 88.8 Å². The minimum atomic E-state index is -3.87.